The highest BCUT2D eigenvalue weighted by atomic mass is 16.5. The number of ether oxygens (including phenoxy) is 1. The van der Waals surface area contributed by atoms with Gasteiger partial charge in [-0.2, -0.15) is 0 Å². The first-order valence-corrected chi connectivity index (χ1v) is 11.7. The van der Waals surface area contributed by atoms with Crippen LogP contribution in [-0.2, 0) is 16.1 Å². The lowest BCUT2D eigenvalue weighted by Gasteiger charge is -2.31. The molecule has 32 heavy (non-hydrogen) atoms. The summed E-state index contributed by atoms with van der Waals surface area (Å²) in [6.07, 6.45) is 2.47. The molecule has 0 spiro atoms. The fourth-order valence-electron chi connectivity index (χ4n) is 3.74. The number of carbonyl (C=O) groups excluding carboxylic acids is 2. The molecule has 2 amide bonds. The van der Waals surface area contributed by atoms with Crippen LogP contribution in [0.5, 0.6) is 5.75 Å². The van der Waals surface area contributed by atoms with E-state index in [2.05, 4.69) is 32.2 Å². The second-order valence-electron chi connectivity index (χ2n) is 8.56. The smallest absolute Gasteiger partial charge is 0.261 e. The number of carbonyl (C=O) groups is 2. The maximum Gasteiger partial charge on any atom is 0.261 e. The van der Waals surface area contributed by atoms with Crippen molar-refractivity contribution in [1.29, 1.82) is 0 Å². The third-order valence-corrected chi connectivity index (χ3v) is 5.54. The minimum absolute atomic E-state index is 0.103. The molecule has 2 aromatic rings. The maximum atomic E-state index is 13.3. The van der Waals surface area contributed by atoms with E-state index in [9.17, 15) is 9.59 Å². The van der Waals surface area contributed by atoms with Gasteiger partial charge in [-0.25, -0.2) is 0 Å². The van der Waals surface area contributed by atoms with E-state index in [0.29, 0.717) is 25.3 Å². The van der Waals surface area contributed by atoms with Crippen LogP contribution in [0.3, 0.4) is 0 Å². The molecule has 5 heteroatoms. The highest BCUT2D eigenvalue weighted by Crippen LogP contribution is 2.26. The van der Waals surface area contributed by atoms with Crippen LogP contribution < -0.4 is 10.1 Å². The fourth-order valence-corrected chi connectivity index (χ4v) is 3.74. The number of aryl methyl sites for hydroxylation is 1. The number of nitrogens with zero attached hydrogens (tertiary/aromatic N) is 1. The standard InChI is InChI=1S/C27H38N2O3/c1-6-8-16-28-27(31)24(7-2)29(18-22-13-11-12-21(5)17-22)26(30)19-32-25-15-10-9-14-23(25)20(3)4/h9-15,17,20,24H,6-8,16,18-19H2,1-5H3,(H,28,31)/t24-/m1/s1. The molecule has 0 aliphatic heterocycles. The lowest BCUT2D eigenvalue weighted by molar-refractivity contribution is -0.143. The van der Waals surface area contributed by atoms with Crippen molar-refractivity contribution in [2.24, 2.45) is 0 Å². The summed E-state index contributed by atoms with van der Waals surface area (Å²) in [5.74, 6) is 0.705. The van der Waals surface area contributed by atoms with Gasteiger partial charge < -0.3 is 15.0 Å². The second kappa shape index (κ2) is 12.9. The van der Waals surface area contributed by atoms with Crippen molar-refractivity contribution in [3.8, 4) is 5.75 Å². The van der Waals surface area contributed by atoms with E-state index in [1.165, 1.54) is 0 Å². The van der Waals surface area contributed by atoms with Crippen molar-refractivity contribution in [2.75, 3.05) is 13.2 Å². The summed E-state index contributed by atoms with van der Waals surface area (Å²) in [7, 11) is 0. The predicted molar refractivity (Wildman–Crippen MR) is 130 cm³/mol. The zero-order chi connectivity index (χ0) is 23.5. The van der Waals surface area contributed by atoms with Gasteiger partial charge in [-0.05, 0) is 42.9 Å². The first-order valence-electron chi connectivity index (χ1n) is 11.7. The Morgan fingerprint density at radius 2 is 1.81 bits per heavy atom. The normalized spacial score (nSPS) is 11.8. The van der Waals surface area contributed by atoms with Crippen LogP contribution in [0.15, 0.2) is 48.5 Å². The number of hydrogen-bond donors (Lipinski definition) is 1. The topological polar surface area (TPSA) is 58.6 Å². The third-order valence-electron chi connectivity index (χ3n) is 5.54. The molecule has 0 bridgehead atoms. The molecule has 2 aromatic carbocycles. The van der Waals surface area contributed by atoms with Crippen molar-refractivity contribution in [1.82, 2.24) is 10.2 Å². The SMILES string of the molecule is CCCCNC(=O)[C@@H](CC)N(Cc1cccc(C)c1)C(=O)COc1ccccc1C(C)C. The first kappa shape index (κ1) is 25.4. The molecule has 0 aliphatic rings. The largest absolute Gasteiger partial charge is 0.483 e. The van der Waals surface area contributed by atoms with Crippen LogP contribution in [0.4, 0.5) is 0 Å². The Kier molecular flexibility index (Phi) is 10.3. The Hall–Kier alpha value is -2.82. The number of rotatable bonds is 12. The maximum absolute atomic E-state index is 13.3. The van der Waals surface area contributed by atoms with E-state index in [-0.39, 0.29) is 24.3 Å². The van der Waals surface area contributed by atoms with Gasteiger partial charge in [-0.15, -0.1) is 0 Å². The van der Waals surface area contributed by atoms with Crippen LogP contribution >= 0.6 is 0 Å². The molecule has 2 rings (SSSR count). The van der Waals surface area contributed by atoms with Crippen LogP contribution in [0.2, 0.25) is 0 Å². The quantitative estimate of drug-likeness (QED) is 0.462. The van der Waals surface area contributed by atoms with Crippen LogP contribution in [0.1, 0.15) is 69.6 Å². The van der Waals surface area contributed by atoms with Crippen LogP contribution in [0.25, 0.3) is 0 Å². The molecule has 0 aliphatic carbocycles. The van der Waals surface area contributed by atoms with Gasteiger partial charge >= 0.3 is 0 Å². The number of hydrogen-bond acceptors (Lipinski definition) is 3. The highest BCUT2D eigenvalue weighted by Gasteiger charge is 2.29. The molecule has 0 saturated carbocycles. The molecule has 1 atom stereocenters. The minimum atomic E-state index is -0.538. The Balaban J connectivity index is 2.22. The van der Waals surface area contributed by atoms with E-state index >= 15 is 0 Å². The zero-order valence-corrected chi connectivity index (χ0v) is 20.2. The summed E-state index contributed by atoms with van der Waals surface area (Å²) in [6, 6.07) is 15.3. The molecule has 174 valence electrons. The first-order chi connectivity index (χ1) is 15.4. The Morgan fingerprint density at radius 1 is 1.06 bits per heavy atom. The monoisotopic (exact) mass is 438 g/mol. The van der Waals surface area contributed by atoms with Gasteiger partial charge in [0, 0.05) is 13.1 Å². The van der Waals surface area contributed by atoms with E-state index in [1.54, 1.807) is 4.90 Å². The molecule has 0 fully saturated rings. The number of para-hydroxylation sites is 1. The molecule has 5 nitrogen and oxygen atoms in total. The molecule has 1 N–H and O–H groups in total. The lowest BCUT2D eigenvalue weighted by atomic mass is 10.0. The zero-order valence-electron chi connectivity index (χ0n) is 20.2. The van der Waals surface area contributed by atoms with Gasteiger partial charge in [-0.3, -0.25) is 9.59 Å². The van der Waals surface area contributed by atoms with Gasteiger partial charge in [0.15, 0.2) is 6.61 Å². The van der Waals surface area contributed by atoms with Crippen LogP contribution in [0, 0.1) is 6.92 Å². The number of nitrogens with one attached hydrogen (secondary N) is 1. The van der Waals surface area contributed by atoms with Gasteiger partial charge in [-0.1, -0.05) is 82.1 Å². The van der Waals surface area contributed by atoms with Crippen molar-refractivity contribution in [3.05, 3.63) is 65.2 Å². The summed E-state index contributed by atoms with van der Waals surface area (Å²) in [5, 5.41) is 2.99. The Morgan fingerprint density at radius 3 is 2.47 bits per heavy atom. The molecule has 0 heterocycles. The summed E-state index contributed by atoms with van der Waals surface area (Å²) in [4.78, 5) is 27.9. The minimum Gasteiger partial charge on any atom is -0.483 e. The summed E-state index contributed by atoms with van der Waals surface area (Å²) >= 11 is 0. The Labute approximate surface area is 193 Å². The van der Waals surface area contributed by atoms with Gasteiger partial charge in [0.2, 0.25) is 5.91 Å². The molecular weight excluding hydrogens is 400 g/mol. The van der Waals surface area contributed by atoms with Gasteiger partial charge in [0.1, 0.15) is 11.8 Å². The second-order valence-corrected chi connectivity index (χ2v) is 8.56. The Bertz CT molecular complexity index is 879. The van der Waals surface area contributed by atoms with E-state index in [1.807, 2.05) is 56.3 Å². The molecular formula is C27H38N2O3. The van der Waals surface area contributed by atoms with Crippen molar-refractivity contribution in [2.45, 2.75) is 72.4 Å². The molecule has 0 saturated heterocycles. The number of unbranched alkanes of at least 4 members (excludes halogenated alkanes) is 1. The van der Waals surface area contributed by atoms with Crippen molar-refractivity contribution < 1.29 is 14.3 Å². The third kappa shape index (κ3) is 7.40. The van der Waals surface area contributed by atoms with Crippen LogP contribution in [-0.4, -0.2) is 35.9 Å². The lowest BCUT2D eigenvalue weighted by Crippen LogP contribution is -2.50. The summed E-state index contributed by atoms with van der Waals surface area (Å²) in [6.45, 7) is 11.1. The van der Waals surface area contributed by atoms with Gasteiger partial charge in [0.25, 0.3) is 5.91 Å². The number of benzene rings is 2. The highest BCUT2D eigenvalue weighted by molar-refractivity contribution is 5.88. The summed E-state index contributed by atoms with van der Waals surface area (Å²) in [5.41, 5.74) is 3.19. The fraction of sp³-hybridized carbons (Fsp3) is 0.481. The van der Waals surface area contributed by atoms with E-state index in [0.717, 1.165) is 29.5 Å². The number of amides is 2. The predicted octanol–water partition coefficient (Wildman–Crippen LogP) is 5.22. The molecule has 0 unspecified atom stereocenters. The summed E-state index contributed by atoms with van der Waals surface area (Å²) < 4.78 is 5.95. The molecule has 0 aromatic heterocycles. The average Bonchev–Trinajstić information content (AvgIpc) is 2.77. The van der Waals surface area contributed by atoms with Crippen molar-refractivity contribution >= 4 is 11.8 Å². The van der Waals surface area contributed by atoms with E-state index in [4.69, 9.17) is 4.74 Å². The van der Waals surface area contributed by atoms with Crippen molar-refractivity contribution in [3.63, 3.8) is 0 Å². The van der Waals surface area contributed by atoms with E-state index < -0.39 is 6.04 Å². The average molecular weight is 439 g/mol. The molecule has 0 radical (unpaired) electrons. The van der Waals surface area contributed by atoms with Gasteiger partial charge in [0.05, 0.1) is 0 Å².